The van der Waals surface area contributed by atoms with E-state index in [-0.39, 0.29) is 0 Å². The van der Waals surface area contributed by atoms with Crippen molar-refractivity contribution < 1.29 is 0 Å². The van der Waals surface area contributed by atoms with Gasteiger partial charge in [-0.05, 0) is 6.42 Å². The van der Waals surface area contributed by atoms with Crippen molar-refractivity contribution in [1.82, 2.24) is 15.7 Å². The molecule has 10 heavy (non-hydrogen) atoms. The molecule has 0 spiro atoms. The summed E-state index contributed by atoms with van der Waals surface area (Å²) in [6.45, 7) is 3.22. The summed E-state index contributed by atoms with van der Waals surface area (Å²) in [5, 5.41) is 8.27. The molecule has 2 aliphatic heterocycles. The Morgan fingerprint density at radius 2 is 2.40 bits per heavy atom. The summed E-state index contributed by atoms with van der Waals surface area (Å²) in [7, 11) is 0. The molecule has 4 nitrogen and oxygen atoms in total. The molecule has 0 unspecified atom stereocenters. The van der Waals surface area contributed by atoms with Gasteiger partial charge in [-0.15, -0.1) is 5.12 Å². The van der Waals surface area contributed by atoms with Gasteiger partial charge in [0.05, 0.1) is 6.54 Å². The van der Waals surface area contributed by atoms with Crippen molar-refractivity contribution in [1.29, 1.82) is 0 Å². The Morgan fingerprint density at radius 1 is 1.40 bits per heavy atom. The van der Waals surface area contributed by atoms with E-state index in [0.29, 0.717) is 0 Å². The fourth-order valence-electron chi connectivity index (χ4n) is 1.28. The van der Waals surface area contributed by atoms with Gasteiger partial charge in [-0.2, -0.15) is 5.10 Å². The van der Waals surface area contributed by atoms with Crippen LogP contribution in [0.15, 0.2) is 5.10 Å². The van der Waals surface area contributed by atoms with E-state index >= 15 is 0 Å². The first-order valence-corrected chi connectivity index (χ1v) is 3.78. The van der Waals surface area contributed by atoms with Gasteiger partial charge in [0, 0.05) is 25.7 Å². The Bertz CT molecular complexity index is 139. The number of rotatable bonds is 1. The first-order valence-electron chi connectivity index (χ1n) is 3.78. The van der Waals surface area contributed by atoms with Crippen molar-refractivity contribution in [3.05, 3.63) is 0 Å². The minimum atomic E-state index is 1.03. The second kappa shape index (κ2) is 2.56. The molecule has 2 heterocycles. The standard InChI is InChI=1S/C6H12N4/c1-3-7-9(5-1)10-6-2-4-8-10/h3,8H,1-2,4-6H2. The fraction of sp³-hybridized carbons (Fsp3) is 0.833. The van der Waals surface area contributed by atoms with E-state index in [1.807, 2.05) is 11.3 Å². The smallest absolute Gasteiger partial charge is 0.0599 e. The molecule has 0 aliphatic carbocycles. The second-order valence-electron chi connectivity index (χ2n) is 2.57. The molecule has 0 aromatic rings. The summed E-state index contributed by atoms with van der Waals surface area (Å²) in [5.41, 5.74) is 3.24. The molecule has 1 saturated heterocycles. The van der Waals surface area contributed by atoms with Crippen molar-refractivity contribution in [3.8, 4) is 0 Å². The van der Waals surface area contributed by atoms with Crippen LogP contribution >= 0.6 is 0 Å². The highest BCUT2D eigenvalue weighted by molar-refractivity contribution is 5.58. The Balaban J connectivity index is 1.91. The highest BCUT2D eigenvalue weighted by atomic mass is 15.9. The zero-order valence-electron chi connectivity index (χ0n) is 5.95. The van der Waals surface area contributed by atoms with Crippen LogP contribution in [0.1, 0.15) is 12.8 Å². The zero-order chi connectivity index (χ0) is 6.81. The van der Waals surface area contributed by atoms with Crippen LogP contribution in [0.25, 0.3) is 0 Å². The van der Waals surface area contributed by atoms with Gasteiger partial charge in [0.15, 0.2) is 0 Å². The second-order valence-corrected chi connectivity index (χ2v) is 2.57. The van der Waals surface area contributed by atoms with E-state index in [9.17, 15) is 0 Å². The van der Waals surface area contributed by atoms with E-state index in [1.165, 1.54) is 6.42 Å². The monoisotopic (exact) mass is 140 g/mol. The molecule has 0 aromatic carbocycles. The molecule has 1 fully saturated rings. The minimum Gasteiger partial charge on any atom is -0.236 e. The van der Waals surface area contributed by atoms with Crippen LogP contribution in [0.2, 0.25) is 0 Å². The van der Waals surface area contributed by atoms with Gasteiger partial charge in [0.25, 0.3) is 0 Å². The third kappa shape index (κ3) is 0.998. The van der Waals surface area contributed by atoms with Gasteiger partial charge in [0.1, 0.15) is 0 Å². The summed E-state index contributed by atoms with van der Waals surface area (Å²) in [6, 6.07) is 0. The van der Waals surface area contributed by atoms with Crippen molar-refractivity contribution in [2.45, 2.75) is 12.8 Å². The zero-order valence-corrected chi connectivity index (χ0v) is 5.95. The Hall–Kier alpha value is -0.610. The molecule has 2 rings (SSSR count). The van der Waals surface area contributed by atoms with Crippen LogP contribution in [0, 0.1) is 0 Å². The van der Waals surface area contributed by atoms with Gasteiger partial charge in [0.2, 0.25) is 0 Å². The van der Waals surface area contributed by atoms with E-state index < -0.39 is 0 Å². The molecule has 2 aliphatic rings. The van der Waals surface area contributed by atoms with E-state index in [4.69, 9.17) is 0 Å². The number of nitrogens with one attached hydrogen (secondary N) is 1. The molecule has 4 heteroatoms. The average Bonchev–Trinajstić information content (AvgIpc) is 2.59. The minimum absolute atomic E-state index is 1.03. The van der Waals surface area contributed by atoms with Gasteiger partial charge in [-0.1, -0.05) is 0 Å². The average molecular weight is 140 g/mol. The molecular formula is C6H12N4. The number of nitrogens with zero attached hydrogens (tertiary/aromatic N) is 3. The Morgan fingerprint density at radius 3 is 3.00 bits per heavy atom. The van der Waals surface area contributed by atoms with Crippen molar-refractivity contribution in [2.24, 2.45) is 5.10 Å². The van der Waals surface area contributed by atoms with Gasteiger partial charge in [-0.25, -0.2) is 10.5 Å². The lowest BCUT2D eigenvalue weighted by molar-refractivity contribution is -0.0325. The summed E-state index contributed by atoms with van der Waals surface area (Å²) < 4.78 is 0. The Kier molecular flexibility index (Phi) is 1.56. The lowest BCUT2D eigenvalue weighted by atomic mass is 10.5. The topological polar surface area (TPSA) is 30.9 Å². The van der Waals surface area contributed by atoms with Crippen molar-refractivity contribution in [2.75, 3.05) is 19.6 Å². The maximum Gasteiger partial charge on any atom is 0.0599 e. The molecule has 0 saturated carbocycles. The van der Waals surface area contributed by atoms with Gasteiger partial charge < -0.3 is 0 Å². The highest BCUT2D eigenvalue weighted by Gasteiger charge is 2.18. The van der Waals surface area contributed by atoms with Crippen LogP contribution in [-0.2, 0) is 0 Å². The maximum atomic E-state index is 4.19. The first-order chi connectivity index (χ1) is 4.97. The van der Waals surface area contributed by atoms with Crippen molar-refractivity contribution in [3.63, 3.8) is 0 Å². The van der Waals surface area contributed by atoms with E-state index in [1.54, 1.807) is 0 Å². The molecule has 56 valence electrons. The van der Waals surface area contributed by atoms with E-state index in [2.05, 4.69) is 15.6 Å². The normalized spacial score (nSPS) is 26.6. The summed E-state index contributed by atoms with van der Waals surface area (Å²) in [5.74, 6) is 0. The Labute approximate surface area is 60.4 Å². The molecule has 0 atom stereocenters. The number of hydrogen-bond acceptors (Lipinski definition) is 4. The van der Waals surface area contributed by atoms with Gasteiger partial charge >= 0.3 is 0 Å². The van der Waals surface area contributed by atoms with Crippen LogP contribution < -0.4 is 5.43 Å². The molecule has 0 radical (unpaired) electrons. The lowest BCUT2D eigenvalue weighted by Gasteiger charge is -2.24. The highest BCUT2D eigenvalue weighted by Crippen LogP contribution is 2.06. The molecule has 0 amide bonds. The number of hydrazine groups is 2. The fourth-order valence-corrected chi connectivity index (χ4v) is 1.28. The van der Waals surface area contributed by atoms with Crippen molar-refractivity contribution >= 4 is 6.21 Å². The third-order valence-electron chi connectivity index (χ3n) is 1.79. The number of hydrazone groups is 1. The third-order valence-corrected chi connectivity index (χ3v) is 1.79. The lowest BCUT2D eigenvalue weighted by Crippen LogP contribution is -2.42. The van der Waals surface area contributed by atoms with Crippen LogP contribution in [0.4, 0.5) is 0 Å². The quantitative estimate of drug-likeness (QED) is 0.547. The molecule has 0 aromatic heterocycles. The first kappa shape index (κ1) is 6.12. The summed E-state index contributed by atoms with van der Waals surface area (Å²) in [4.78, 5) is 0. The molecule has 1 N–H and O–H groups in total. The van der Waals surface area contributed by atoms with Crippen LogP contribution in [0.3, 0.4) is 0 Å². The summed E-state index contributed by atoms with van der Waals surface area (Å²) >= 11 is 0. The van der Waals surface area contributed by atoms with Crippen LogP contribution in [-0.4, -0.2) is 36.1 Å². The van der Waals surface area contributed by atoms with E-state index in [0.717, 1.165) is 26.1 Å². The summed E-state index contributed by atoms with van der Waals surface area (Å²) in [6.07, 6.45) is 4.27. The van der Waals surface area contributed by atoms with Crippen LogP contribution in [0.5, 0.6) is 0 Å². The largest absolute Gasteiger partial charge is 0.236 e. The number of hydrogen-bond donors (Lipinski definition) is 1. The maximum absolute atomic E-state index is 4.19. The van der Waals surface area contributed by atoms with Gasteiger partial charge in [-0.3, -0.25) is 0 Å². The molecular weight excluding hydrogens is 128 g/mol. The SMILES string of the molecule is C1=NN(N2CCCN2)CC1. The predicted octanol–water partition coefficient (Wildman–Crippen LogP) is -0.197. The predicted molar refractivity (Wildman–Crippen MR) is 39.1 cm³/mol. The molecule has 0 bridgehead atoms.